The van der Waals surface area contributed by atoms with E-state index >= 15 is 0 Å². The molecule has 0 unspecified atom stereocenters. The van der Waals surface area contributed by atoms with Crippen molar-refractivity contribution in [3.8, 4) is 5.88 Å². The van der Waals surface area contributed by atoms with Crippen molar-refractivity contribution in [2.45, 2.75) is 39.3 Å². The van der Waals surface area contributed by atoms with Crippen molar-refractivity contribution in [1.29, 1.82) is 0 Å². The van der Waals surface area contributed by atoms with Crippen molar-refractivity contribution in [3.05, 3.63) is 12.1 Å². The Balaban J connectivity index is 2.21. The van der Waals surface area contributed by atoms with E-state index in [-0.39, 0.29) is 11.6 Å². The molecular weight excluding hydrogens is 252 g/mol. The van der Waals surface area contributed by atoms with E-state index in [1.807, 2.05) is 26.0 Å². The summed E-state index contributed by atoms with van der Waals surface area (Å²) >= 11 is 0. The van der Waals surface area contributed by atoms with Crippen LogP contribution >= 0.6 is 0 Å². The first kappa shape index (κ1) is 14.9. The molecule has 0 spiro atoms. The summed E-state index contributed by atoms with van der Waals surface area (Å²) in [5.41, 5.74) is 6.66. The minimum Gasteiger partial charge on any atom is -0.473 e. The van der Waals surface area contributed by atoms with Gasteiger partial charge in [0.25, 0.3) is 0 Å². The van der Waals surface area contributed by atoms with Gasteiger partial charge in [0, 0.05) is 25.2 Å². The predicted molar refractivity (Wildman–Crippen MR) is 83.3 cm³/mol. The number of anilines is 2. The Labute approximate surface area is 121 Å². The van der Waals surface area contributed by atoms with Crippen LogP contribution in [0.4, 0.5) is 11.5 Å². The number of ether oxygens (including phenoxy) is 1. The first-order valence-electron chi connectivity index (χ1n) is 7.19. The molecule has 2 rings (SSSR count). The Morgan fingerprint density at radius 3 is 2.60 bits per heavy atom. The molecule has 5 nitrogen and oxygen atoms in total. The monoisotopic (exact) mass is 278 g/mol. The Morgan fingerprint density at radius 2 is 2.00 bits per heavy atom. The number of nitrogens with zero attached hydrogens (tertiary/aromatic N) is 3. The lowest BCUT2D eigenvalue weighted by molar-refractivity contribution is 0.138. The van der Waals surface area contributed by atoms with E-state index in [2.05, 4.69) is 35.7 Å². The molecule has 0 aromatic carbocycles. The van der Waals surface area contributed by atoms with Gasteiger partial charge in [-0.25, -0.2) is 0 Å². The van der Waals surface area contributed by atoms with Gasteiger partial charge in [-0.1, -0.05) is 0 Å². The second-order valence-electron chi connectivity index (χ2n) is 6.39. The largest absolute Gasteiger partial charge is 0.473 e. The number of pyridine rings is 1. The number of nitrogen functional groups attached to an aromatic ring is 1. The smallest absolute Gasteiger partial charge is 0.239 e. The average molecular weight is 278 g/mol. The Morgan fingerprint density at radius 1 is 1.30 bits per heavy atom. The standard InChI is InChI=1S/C15H26N4O/c1-11(2)20-14-12(16)6-7-13(17-14)19-9-8-18(5)15(3,4)10-19/h6-7,11H,8-10,16H2,1-5H3. The molecule has 0 radical (unpaired) electrons. The summed E-state index contributed by atoms with van der Waals surface area (Å²) in [6.07, 6.45) is 0.0731. The van der Waals surface area contributed by atoms with Crippen molar-refractivity contribution < 1.29 is 4.74 Å². The minimum absolute atomic E-state index is 0.0731. The molecule has 1 aromatic rings. The number of likely N-dealkylation sites (N-methyl/N-ethyl adjacent to an activating group) is 1. The molecule has 1 saturated heterocycles. The molecule has 1 aliphatic heterocycles. The number of rotatable bonds is 3. The van der Waals surface area contributed by atoms with Crippen LogP contribution in [0.5, 0.6) is 5.88 Å². The van der Waals surface area contributed by atoms with Crippen molar-refractivity contribution in [1.82, 2.24) is 9.88 Å². The predicted octanol–water partition coefficient (Wildman–Crippen LogP) is 1.98. The highest BCUT2D eigenvalue weighted by molar-refractivity contribution is 5.55. The SMILES string of the molecule is CC(C)Oc1nc(N2CCN(C)C(C)(C)C2)ccc1N. The number of hydrogen-bond acceptors (Lipinski definition) is 5. The van der Waals surface area contributed by atoms with Crippen LogP contribution in [-0.2, 0) is 0 Å². The van der Waals surface area contributed by atoms with E-state index < -0.39 is 0 Å². The second-order valence-corrected chi connectivity index (χ2v) is 6.39. The normalized spacial score (nSPS) is 19.4. The van der Waals surface area contributed by atoms with Gasteiger partial charge in [-0.2, -0.15) is 4.98 Å². The van der Waals surface area contributed by atoms with Crippen molar-refractivity contribution in [2.24, 2.45) is 0 Å². The van der Waals surface area contributed by atoms with Crippen LogP contribution in [0.3, 0.4) is 0 Å². The Kier molecular flexibility index (Phi) is 4.09. The molecule has 1 aromatic heterocycles. The lowest BCUT2D eigenvalue weighted by Gasteiger charge is -2.45. The lowest BCUT2D eigenvalue weighted by atomic mass is 10.00. The zero-order chi connectivity index (χ0) is 14.9. The topological polar surface area (TPSA) is 54.6 Å². The summed E-state index contributed by atoms with van der Waals surface area (Å²) in [5.74, 6) is 1.48. The van der Waals surface area contributed by atoms with Crippen LogP contribution in [0.25, 0.3) is 0 Å². The first-order valence-corrected chi connectivity index (χ1v) is 7.19. The van der Waals surface area contributed by atoms with E-state index in [1.54, 1.807) is 0 Å². The molecule has 0 aliphatic carbocycles. The molecule has 5 heteroatoms. The van der Waals surface area contributed by atoms with Gasteiger partial charge in [-0.15, -0.1) is 0 Å². The fourth-order valence-corrected chi connectivity index (χ4v) is 2.37. The zero-order valence-electron chi connectivity index (χ0n) is 13.2. The van der Waals surface area contributed by atoms with Crippen LogP contribution in [0.15, 0.2) is 12.1 Å². The molecule has 20 heavy (non-hydrogen) atoms. The van der Waals surface area contributed by atoms with Crippen molar-refractivity contribution in [3.63, 3.8) is 0 Å². The molecule has 0 atom stereocenters. The van der Waals surface area contributed by atoms with Crippen LogP contribution in [-0.4, -0.2) is 48.2 Å². The third kappa shape index (κ3) is 3.15. The second kappa shape index (κ2) is 5.48. The molecule has 112 valence electrons. The molecule has 1 aliphatic rings. The molecule has 0 bridgehead atoms. The number of piperazine rings is 1. The van der Waals surface area contributed by atoms with E-state index in [1.165, 1.54) is 0 Å². The minimum atomic E-state index is 0.0731. The lowest BCUT2D eigenvalue weighted by Crippen LogP contribution is -2.57. The van der Waals surface area contributed by atoms with E-state index in [0.717, 1.165) is 25.5 Å². The van der Waals surface area contributed by atoms with Gasteiger partial charge < -0.3 is 15.4 Å². The highest BCUT2D eigenvalue weighted by atomic mass is 16.5. The quantitative estimate of drug-likeness (QED) is 0.916. The van der Waals surface area contributed by atoms with Crippen LogP contribution in [0.2, 0.25) is 0 Å². The molecule has 2 heterocycles. The fraction of sp³-hybridized carbons (Fsp3) is 0.667. The van der Waals surface area contributed by atoms with Crippen molar-refractivity contribution in [2.75, 3.05) is 37.3 Å². The maximum atomic E-state index is 5.93. The third-order valence-corrected chi connectivity index (χ3v) is 3.86. The first-order chi connectivity index (χ1) is 9.29. The number of hydrogen-bond donors (Lipinski definition) is 1. The van der Waals surface area contributed by atoms with Crippen LogP contribution in [0.1, 0.15) is 27.7 Å². The van der Waals surface area contributed by atoms with Gasteiger partial charge in [-0.05, 0) is 46.9 Å². The summed E-state index contributed by atoms with van der Waals surface area (Å²) in [6, 6.07) is 3.86. The van der Waals surface area contributed by atoms with E-state index in [4.69, 9.17) is 10.5 Å². The average Bonchev–Trinajstić information content (AvgIpc) is 2.35. The Hall–Kier alpha value is -1.49. The number of aromatic nitrogens is 1. The Bertz CT molecular complexity index is 473. The fourth-order valence-electron chi connectivity index (χ4n) is 2.37. The zero-order valence-corrected chi connectivity index (χ0v) is 13.2. The van der Waals surface area contributed by atoms with E-state index in [0.29, 0.717) is 11.6 Å². The van der Waals surface area contributed by atoms with Crippen LogP contribution < -0.4 is 15.4 Å². The van der Waals surface area contributed by atoms with Crippen LogP contribution in [0, 0.1) is 0 Å². The maximum absolute atomic E-state index is 5.93. The molecule has 0 saturated carbocycles. The maximum Gasteiger partial charge on any atom is 0.239 e. The molecule has 2 N–H and O–H groups in total. The summed E-state index contributed by atoms with van der Waals surface area (Å²) in [6.45, 7) is 11.4. The molecule has 0 amide bonds. The van der Waals surface area contributed by atoms with Gasteiger partial charge in [0.15, 0.2) is 0 Å². The van der Waals surface area contributed by atoms with Crippen molar-refractivity contribution >= 4 is 11.5 Å². The summed E-state index contributed by atoms with van der Waals surface area (Å²) in [4.78, 5) is 9.27. The third-order valence-electron chi connectivity index (χ3n) is 3.86. The summed E-state index contributed by atoms with van der Waals surface area (Å²) in [7, 11) is 2.17. The molecular formula is C15H26N4O. The highest BCUT2D eigenvalue weighted by Gasteiger charge is 2.31. The molecule has 1 fully saturated rings. The van der Waals surface area contributed by atoms with Gasteiger partial charge in [-0.3, -0.25) is 4.90 Å². The highest BCUT2D eigenvalue weighted by Crippen LogP contribution is 2.27. The van der Waals surface area contributed by atoms with Gasteiger partial charge >= 0.3 is 0 Å². The van der Waals surface area contributed by atoms with Gasteiger partial charge in [0.1, 0.15) is 5.82 Å². The van der Waals surface area contributed by atoms with Gasteiger partial charge in [0.2, 0.25) is 5.88 Å². The summed E-state index contributed by atoms with van der Waals surface area (Å²) < 4.78 is 5.68. The van der Waals surface area contributed by atoms with E-state index in [9.17, 15) is 0 Å². The summed E-state index contributed by atoms with van der Waals surface area (Å²) in [5, 5.41) is 0. The number of nitrogens with two attached hydrogens (primary N) is 1. The van der Waals surface area contributed by atoms with Gasteiger partial charge in [0.05, 0.1) is 11.8 Å².